The average molecular weight is 1440 g/mol. The van der Waals surface area contributed by atoms with Gasteiger partial charge in [-0.3, -0.25) is 0 Å². The number of rotatable bonds is 8. The minimum atomic E-state index is -0.227. The van der Waals surface area contributed by atoms with Crippen LogP contribution in [0, 0.1) is 0 Å². The lowest BCUT2D eigenvalue weighted by Gasteiger charge is -2.46. The zero-order valence-corrected chi connectivity index (χ0v) is 69.9. The van der Waals surface area contributed by atoms with Gasteiger partial charge >= 0.3 is 0 Å². The molecule has 0 fully saturated rings. The predicted molar refractivity (Wildman–Crippen MR) is 479 cm³/mol. The van der Waals surface area contributed by atoms with Gasteiger partial charge in [0.05, 0.1) is 27.8 Å². The zero-order valence-electron chi connectivity index (χ0n) is 69.9. The molecular formula is C104H112BN5. The van der Waals surface area contributed by atoms with Crippen LogP contribution >= 0.6 is 0 Å². The summed E-state index contributed by atoms with van der Waals surface area (Å²) in [7, 11) is 0. The largest absolute Gasteiger partial charge is 0.311 e. The number of hydrogen-bond donors (Lipinski definition) is 0. The van der Waals surface area contributed by atoms with Gasteiger partial charge in [0.2, 0.25) is 0 Å². The Hall–Kier alpha value is -10.3. The van der Waals surface area contributed by atoms with E-state index in [0.29, 0.717) is 0 Å². The van der Waals surface area contributed by atoms with E-state index >= 15 is 0 Å². The Bertz CT molecular complexity index is 5790. The van der Waals surface area contributed by atoms with E-state index in [1.54, 1.807) is 0 Å². The number of fused-ring (bicyclic) bond motifs is 10. The molecule has 0 amide bonds. The molecule has 2 aliphatic rings. The van der Waals surface area contributed by atoms with E-state index in [1.165, 1.54) is 116 Å². The first-order valence-electron chi connectivity index (χ1n) is 40.2. The first-order valence-corrected chi connectivity index (χ1v) is 40.2. The fraction of sp³-hybridized carbons (Fsp3) is 0.308. The molecule has 0 aliphatic carbocycles. The van der Waals surface area contributed by atoms with Crippen LogP contribution in [0.4, 0.5) is 51.2 Å². The summed E-state index contributed by atoms with van der Waals surface area (Å²) in [5.74, 6) is 0. The third-order valence-corrected chi connectivity index (χ3v) is 23.9. The van der Waals surface area contributed by atoms with Gasteiger partial charge < -0.3 is 23.8 Å². The lowest BCUT2D eigenvalue weighted by molar-refractivity contribution is 0.568. The molecule has 2 aromatic heterocycles. The third kappa shape index (κ3) is 12.9. The normalized spacial score (nSPS) is 13.8. The molecule has 12 aromatic carbocycles. The molecule has 556 valence electrons. The van der Waals surface area contributed by atoms with Gasteiger partial charge in [-0.05, 0) is 243 Å². The van der Waals surface area contributed by atoms with Crippen LogP contribution in [0.3, 0.4) is 0 Å². The van der Waals surface area contributed by atoms with Crippen molar-refractivity contribution in [2.45, 2.75) is 209 Å². The van der Waals surface area contributed by atoms with E-state index in [2.05, 4.69) is 433 Å². The van der Waals surface area contributed by atoms with E-state index < -0.39 is 0 Å². The van der Waals surface area contributed by atoms with Crippen LogP contribution in [-0.4, -0.2) is 15.8 Å². The van der Waals surface area contributed by atoms with Crippen LogP contribution in [0.25, 0.3) is 66.1 Å². The first kappa shape index (κ1) is 73.8. The molecule has 0 saturated heterocycles. The van der Waals surface area contributed by atoms with Gasteiger partial charge in [-0.15, -0.1) is 0 Å². The third-order valence-electron chi connectivity index (χ3n) is 23.9. The van der Waals surface area contributed by atoms with Crippen LogP contribution < -0.4 is 31.1 Å². The van der Waals surface area contributed by atoms with Crippen LogP contribution in [0.5, 0.6) is 0 Å². The molecule has 16 rings (SSSR count). The summed E-state index contributed by atoms with van der Waals surface area (Å²) in [5.41, 5.74) is 32.7. The Kier molecular flexibility index (Phi) is 17.2. The van der Waals surface area contributed by atoms with Gasteiger partial charge in [0, 0.05) is 78.4 Å². The van der Waals surface area contributed by atoms with Gasteiger partial charge in [0.1, 0.15) is 0 Å². The molecule has 0 unspecified atom stereocenters. The van der Waals surface area contributed by atoms with Gasteiger partial charge in [-0.1, -0.05) is 281 Å². The second kappa shape index (κ2) is 25.6. The molecule has 0 spiro atoms. The summed E-state index contributed by atoms with van der Waals surface area (Å²) in [6.45, 7) is 56.3. The summed E-state index contributed by atoms with van der Waals surface area (Å²) in [4.78, 5) is 7.96. The highest BCUT2D eigenvalue weighted by Crippen LogP contribution is 2.53. The number of para-hydroxylation sites is 1. The maximum atomic E-state index is 2.71. The van der Waals surface area contributed by atoms with E-state index in [9.17, 15) is 0 Å². The van der Waals surface area contributed by atoms with Crippen molar-refractivity contribution in [3.8, 4) is 22.5 Å². The zero-order chi connectivity index (χ0) is 78.2. The Morgan fingerprint density at radius 2 is 0.573 bits per heavy atom. The second-order valence-corrected chi connectivity index (χ2v) is 40.2. The Labute approximate surface area is 656 Å². The van der Waals surface area contributed by atoms with Crippen molar-refractivity contribution in [3.05, 3.63) is 287 Å². The molecular weight excluding hydrogens is 1330 g/mol. The quantitative estimate of drug-likeness (QED) is 0.141. The number of hydrogen-bond acceptors (Lipinski definition) is 3. The lowest BCUT2D eigenvalue weighted by Crippen LogP contribution is -2.61. The Morgan fingerprint density at radius 1 is 0.227 bits per heavy atom. The van der Waals surface area contributed by atoms with Crippen molar-refractivity contribution in [1.29, 1.82) is 0 Å². The van der Waals surface area contributed by atoms with Gasteiger partial charge in [-0.2, -0.15) is 0 Å². The SMILES string of the molecule is CC(C)(C)c1ccc(N(c2ccc(C(C)(C)C)cc2)c2cc3c4c(c2)N(c2cc(C(C)(C)C)cc(C(C)(C)C)c2)c2cc(-n5c6ccc(C(C)(C)C)cc6c6cc(C(C)(C)C)ccc65)ccc2B4c2ccc(-n4c5ccccc5c5cc(-c6ccccc6)ccc54)cc2N3c2cc(C(C)(C)C)cc(C(C)(C)C)c2)cc1. The van der Waals surface area contributed by atoms with Crippen molar-refractivity contribution < 1.29 is 0 Å². The van der Waals surface area contributed by atoms with Gasteiger partial charge in [0.15, 0.2) is 0 Å². The monoisotopic (exact) mass is 1440 g/mol. The van der Waals surface area contributed by atoms with Crippen LogP contribution in [0.2, 0.25) is 0 Å². The maximum Gasteiger partial charge on any atom is 0.252 e. The summed E-state index contributed by atoms with van der Waals surface area (Å²) in [6, 6.07) is 95.6. The van der Waals surface area contributed by atoms with E-state index in [1.807, 2.05) is 0 Å². The fourth-order valence-corrected chi connectivity index (χ4v) is 17.1. The Balaban J connectivity index is 1.08. The van der Waals surface area contributed by atoms with Crippen molar-refractivity contribution in [1.82, 2.24) is 9.13 Å². The van der Waals surface area contributed by atoms with Crippen LogP contribution in [0.1, 0.15) is 211 Å². The first-order chi connectivity index (χ1) is 51.6. The maximum absolute atomic E-state index is 2.71. The standard InChI is InChI=1S/C104H112BN5/c1-97(2,3)67-35-41-75(42-36-67)106(76-43-37-68(38-44-76)98(4,5)6)81-63-94-96-95(64-81)110(80-57-73(103(19,20)21)54-74(58-80)104(22,23)24)93-62-78(108-90-50-39-69(99(7,8)9)59-84(90)85-60-70(100(10,11)12)40-51-91(85)108)46-48-87(93)105(96)86-47-45-77(61-92(86)109(94)79-55-71(101(13,14)15)53-72(56-79)102(16,17)18)107-88-33-29-28-32-82(88)83-52-66(34-49-89(83)107)65-30-26-25-27-31-65/h25-64H,1-24H3. The molecule has 6 heteroatoms. The highest BCUT2D eigenvalue weighted by molar-refractivity contribution is 7.00. The molecule has 0 N–H and O–H groups in total. The minimum Gasteiger partial charge on any atom is -0.311 e. The van der Waals surface area contributed by atoms with Crippen molar-refractivity contribution >= 4 is 118 Å². The highest BCUT2D eigenvalue weighted by atomic mass is 15.2. The van der Waals surface area contributed by atoms with E-state index in [-0.39, 0.29) is 50.0 Å². The highest BCUT2D eigenvalue weighted by Gasteiger charge is 2.46. The van der Waals surface area contributed by atoms with Crippen molar-refractivity contribution in [2.75, 3.05) is 14.7 Å². The lowest BCUT2D eigenvalue weighted by atomic mass is 9.33. The number of benzene rings is 12. The van der Waals surface area contributed by atoms with Gasteiger partial charge in [0.25, 0.3) is 6.71 Å². The van der Waals surface area contributed by atoms with Crippen molar-refractivity contribution in [2.24, 2.45) is 0 Å². The second-order valence-electron chi connectivity index (χ2n) is 40.2. The van der Waals surface area contributed by atoms with Gasteiger partial charge in [-0.25, -0.2) is 0 Å². The average Bonchev–Trinajstić information content (AvgIpc) is 0.699. The number of nitrogens with zero attached hydrogens (tertiary/aromatic N) is 5. The Morgan fingerprint density at radius 3 is 0.964 bits per heavy atom. The predicted octanol–water partition coefficient (Wildman–Crippen LogP) is 27.5. The van der Waals surface area contributed by atoms with Crippen LogP contribution in [-0.2, 0) is 43.3 Å². The van der Waals surface area contributed by atoms with Crippen molar-refractivity contribution in [3.63, 3.8) is 0 Å². The molecule has 0 bridgehead atoms. The molecule has 4 heterocycles. The molecule has 0 radical (unpaired) electrons. The molecule has 0 atom stereocenters. The van der Waals surface area contributed by atoms with E-state index in [4.69, 9.17) is 0 Å². The molecule has 0 saturated carbocycles. The molecule has 14 aromatic rings. The number of aromatic nitrogens is 2. The smallest absolute Gasteiger partial charge is 0.252 e. The summed E-state index contributed by atoms with van der Waals surface area (Å²) >= 11 is 0. The molecule has 5 nitrogen and oxygen atoms in total. The van der Waals surface area contributed by atoms with E-state index in [0.717, 1.165) is 62.6 Å². The minimum absolute atomic E-state index is 0.0521. The topological polar surface area (TPSA) is 19.6 Å². The van der Waals surface area contributed by atoms with Crippen LogP contribution in [0.15, 0.2) is 243 Å². The summed E-state index contributed by atoms with van der Waals surface area (Å²) < 4.78 is 5.10. The summed E-state index contributed by atoms with van der Waals surface area (Å²) in [6.07, 6.45) is 0. The molecule has 2 aliphatic heterocycles. The fourth-order valence-electron chi connectivity index (χ4n) is 17.1. The number of anilines is 9. The summed E-state index contributed by atoms with van der Waals surface area (Å²) in [5, 5.41) is 5.00. The molecule has 110 heavy (non-hydrogen) atoms.